The summed E-state index contributed by atoms with van der Waals surface area (Å²) in [6, 6.07) is 8.61. The molecule has 0 unspecified atom stereocenters. The van der Waals surface area contributed by atoms with Crippen molar-refractivity contribution in [2.45, 2.75) is 45.6 Å². The van der Waals surface area contributed by atoms with E-state index in [0.717, 1.165) is 25.0 Å². The van der Waals surface area contributed by atoms with Crippen molar-refractivity contribution >= 4 is 34.6 Å². The number of amides is 1. The molecule has 0 atom stereocenters. The minimum atomic E-state index is -1.04. The number of carbonyl (C=O) groups excluding carboxylic acids is 1. The van der Waals surface area contributed by atoms with Crippen molar-refractivity contribution in [3.63, 3.8) is 0 Å². The molecule has 0 spiro atoms. The lowest BCUT2D eigenvalue weighted by Gasteiger charge is -2.29. The number of thiocarbonyl (C=S) groups is 1. The van der Waals surface area contributed by atoms with E-state index >= 15 is 4.39 Å². The number of halogens is 1. The molecule has 0 radical (unpaired) electrons. The average Bonchev–Trinajstić information content (AvgIpc) is 3.36. The third kappa shape index (κ3) is 3.98. The molecule has 1 aromatic carbocycles. The fraction of sp³-hybridized carbons (Fsp3) is 0.292. The summed E-state index contributed by atoms with van der Waals surface area (Å²) in [4.78, 5) is 24.8. The zero-order valence-electron chi connectivity index (χ0n) is 18.5. The van der Waals surface area contributed by atoms with E-state index in [9.17, 15) is 4.79 Å². The van der Waals surface area contributed by atoms with E-state index in [0.29, 0.717) is 11.6 Å². The van der Waals surface area contributed by atoms with Crippen LogP contribution >= 0.6 is 12.2 Å². The smallest absolute Gasteiger partial charge is 0.259 e. The molecule has 0 aliphatic carbocycles. The molecule has 3 aromatic rings. The quantitative estimate of drug-likeness (QED) is 0.498. The number of hydrogen-bond donors (Lipinski definition) is 0. The van der Waals surface area contributed by atoms with Gasteiger partial charge in [0.1, 0.15) is 11.8 Å². The van der Waals surface area contributed by atoms with E-state index in [1.165, 1.54) is 24.0 Å². The lowest BCUT2D eigenvalue weighted by atomic mass is 10.0. The zero-order valence-corrected chi connectivity index (χ0v) is 19.3. The van der Waals surface area contributed by atoms with Gasteiger partial charge in [-0.15, -0.1) is 0 Å². The van der Waals surface area contributed by atoms with Crippen molar-refractivity contribution in [3.8, 4) is 6.07 Å². The molecule has 1 saturated heterocycles. The third-order valence-corrected chi connectivity index (χ3v) is 6.13. The van der Waals surface area contributed by atoms with Crippen LogP contribution in [0.2, 0.25) is 0 Å². The summed E-state index contributed by atoms with van der Waals surface area (Å²) in [5.41, 5.74) is 0.922. The van der Waals surface area contributed by atoms with Crippen LogP contribution in [0.5, 0.6) is 0 Å². The van der Waals surface area contributed by atoms with Gasteiger partial charge in [0.2, 0.25) is 0 Å². The van der Waals surface area contributed by atoms with Gasteiger partial charge >= 0.3 is 0 Å². The van der Waals surface area contributed by atoms with Crippen LogP contribution in [0.1, 0.15) is 43.0 Å². The highest BCUT2D eigenvalue weighted by molar-refractivity contribution is 7.81. The second-order valence-corrected chi connectivity index (χ2v) is 8.65. The first-order chi connectivity index (χ1) is 15.8. The SMILES string of the molecule is Cc1c(C#N)ccc(N2C(=O)C(C)(C)N(c3ccc(CCCc4ncco4)nc3)C2=S)c1F. The summed E-state index contributed by atoms with van der Waals surface area (Å²) in [7, 11) is 0. The highest BCUT2D eigenvalue weighted by Crippen LogP contribution is 2.37. The number of carbonyl (C=O) groups is 1. The van der Waals surface area contributed by atoms with Gasteiger partial charge in [0.15, 0.2) is 16.8 Å². The fourth-order valence-corrected chi connectivity index (χ4v) is 4.41. The average molecular weight is 464 g/mol. The minimum absolute atomic E-state index is 0.0354. The van der Waals surface area contributed by atoms with Gasteiger partial charge in [-0.2, -0.15) is 5.26 Å². The maximum Gasteiger partial charge on any atom is 0.259 e. The summed E-state index contributed by atoms with van der Waals surface area (Å²) < 4.78 is 20.3. The normalized spacial score (nSPS) is 15.2. The minimum Gasteiger partial charge on any atom is -0.449 e. The van der Waals surface area contributed by atoms with E-state index < -0.39 is 11.4 Å². The molecule has 0 saturated carbocycles. The summed E-state index contributed by atoms with van der Waals surface area (Å²) >= 11 is 5.62. The molecule has 0 bridgehead atoms. The molecule has 7 nitrogen and oxygen atoms in total. The number of aromatic nitrogens is 2. The summed E-state index contributed by atoms with van der Waals surface area (Å²) in [5.74, 6) is -0.299. The van der Waals surface area contributed by atoms with Gasteiger partial charge in [-0.25, -0.2) is 9.37 Å². The topological polar surface area (TPSA) is 86.3 Å². The van der Waals surface area contributed by atoms with E-state index in [2.05, 4.69) is 9.97 Å². The Balaban J connectivity index is 1.57. The van der Waals surface area contributed by atoms with E-state index in [-0.39, 0.29) is 27.8 Å². The number of oxazole rings is 1. The lowest BCUT2D eigenvalue weighted by Crippen LogP contribution is -2.44. The van der Waals surface area contributed by atoms with E-state index in [4.69, 9.17) is 21.9 Å². The lowest BCUT2D eigenvalue weighted by molar-refractivity contribution is -0.120. The maximum absolute atomic E-state index is 15.1. The molecule has 1 fully saturated rings. The van der Waals surface area contributed by atoms with Crippen molar-refractivity contribution in [3.05, 3.63) is 71.5 Å². The van der Waals surface area contributed by atoms with Crippen LogP contribution in [0.15, 0.2) is 47.3 Å². The summed E-state index contributed by atoms with van der Waals surface area (Å²) in [6.07, 6.45) is 7.16. The third-order valence-electron chi connectivity index (χ3n) is 5.77. The Kier molecular flexibility index (Phi) is 5.95. The van der Waals surface area contributed by atoms with Crippen LogP contribution in [0.4, 0.5) is 15.8 Å². The van der Waals surface area contributed by atoms with Gasteiger partial charge in [-0.3, -0.25) is 14.7 Å². The van der Waals surface area contributed by atoms with E-state index in [1.807, 2.05) is 18.2 Å². The highest BCUT2D eigenvalue weighted by Gasteiger charge is 2.51. The number of nitriles is 1. The van der Waals surface area contributed by atoms with Gasteiger partial charge in [-0.05, 0) is 70.1 Å². The number of benzene rings is 1. The number of pyridine rings is 1. The molecule has 1 aliphatic rings. The Labute approximate surface area is 196 Å². The molecule has 33 heavy (non-hydrogen) atoms. The Morgan fingerprint density at radius 1 is 1.21 bits per heavy atom. The van der Waals surface area contributed by atoms with Crippen LogP contribution in [0.25, 0.3) is 0 Å². The van der Waals surface area contributed by atoms with Gasteiger partial charge in [0.25, 0.3) is 5.91 Å². The fourth-order valence-electron chi connectivity index (χ4n) is 3.90. The molecule has 0 N–H and O–H groups in total. The summed E-state index contributed by atoms with van der Waals surface area (Å²) in [6.45, 7) is 4.98. The van der Waals surface area contributed by atoms with Crippen LogP contribution in [0, 0.1) is 24.1 Å². The standard InChI is InChI=1S/C24H22FN5O2S/c1-15-16(13-26)7-10-19(21(15)25)29-22(31)24(2,3)30(23(29)33)18-9-8-17(28-14-18)5-4-6-20-27-11-12-32-20/h7-12,14H,4-6H2,1-3H3. The molecule has 1 amide bonds. The summed E-state index contributed by atoms with van der Waals surface area (Å²) in [5, 5.41) is 9.31. The van der Waals surface area contributed by atoms with Crippen molar-refractivity contribution in [1.29, 1.82) is 5.26 Å². The second kappa shape index (κ2) is 8.71. The van der Waals surface area contributed by atoms with Crippen molar-refractivity contribution in [1.82, 2.24) is 9.97 Å². The van der Waals surface area contributed by atoms with Gasteiger partial charge in [0.05, 0.1) is 35.4 Å². The molecular weight excluding hydrogens is 441 g/mol. The van der Waals surface area contributed by atoms with Crippen LogP contribution in [-0.2, 0) is 17.6 Å². The molecule has 3 heterocycles. The first-order valence-corrected chi connectivity index (χ1v) is 10.9. The van der Waals surface area contributed by atoms with Crippen molar-refractivity contribution in [2.75, 3.05) is 9.80 Å². The van der Waals surface area contributed by atoms with Crippen LogP contribution in [0.3, 0.4) is 0 Å². The Morgan fingerprint density at radius 2 is 2.00 bits per heavy atom. The molecule has 4 rings (SSSR count). The number of hydrogen-bond acceptors (Lipinski definition) is 6. The number of aryl methyl sites for hydroxylation is 2. The number of anilines is 2. The molecule has 9 heteroatoms. The highest BCUT2D eigenvalue weighted by atomic mass is 32.1. The second-order valence-electron chi connectivity index (χ2n) is 8.29. The molecule has 2 aromatic heterocycles. The monoisotopic (exact) mass is 463 g/mol. The Bertz CT molecular complexity index is 1250. The van der Waals surface area contributed by atoms with E-state index in [1.54, 1.807) is 37.4 Å². The molecular formula is C24H22FN5O2S. The molecule has 168 valence electrons. The first kappa shape index (κ1) is 22.6. The molecule has 1 aliphatic heterocycles. The van der Waals surface area contributed by atoms with Gasteiger partial charge < -0.3 is 9.32 Å². The van der Waals surface area contributed by atoms with Gasteiger partial charge in [-0.1, -0.05) is 0 Å². The van der Waals surface area contributed by atoms with Crippen molar-refractivity contribution < 1.29 is 13.6 Å². The number of nitrogens with zero attached hydrogens (tertiary/aromatic N) is 5. The predicted octanol–water partition coefficient (Wildman–Crippen LogP) is 4.48. The predicted molar refractivity (Wildman–Crippen MR) is 125 cm³/mol. The van der Waals surface area contributed by atoms with Crippen LogP contribution in [-0.4, -0.2) is 26.5 Å². The first-order valence-electron chi connectivity index (χ1n) is 10.5. The van der Waals surface area contributed by atoms with Crippen LogP contribution < -0.4 is 9.80 Å². The Morgan fingerprint density at radius 3 is 2.64 bits per heavy atom. The van der Waals surface area contributed by atoms with Gasteiger partial charge in [0, 0.05) is 17.7 Å². The zero-order chi connectivity index (χ0) is 23.8. The Hall–Kier alpha value is -3.64. The maximum atomic E-state index is 15.1. The number of rotatable bonds is 6. The van der Waals surface area contributed by atoms with Crippen molar-refractivity contribution in [2.24, 2.45) is 0 Å². The largest absolute Gasteiger partial charge is 0.449 e.